The molecule has 0 bridgehead atoms. The summed E-state index contributed by atoms with van der Waals surface area (Å²) in [6.45, 7) is 12.7. The van der Waals surface area contributed by atoms with E-state index in [4.69, 9.17) is 4.74 Å². The van der Waals surface area contributed by atoms with Gasteiger partial charge >= 0.3 is 6.09 Å². The van der Waals surface area contributed by atoms with Crippen molar-refractivity contribution < 1.29 is 22.7 Å². The minimum Gasteiger partial charge on any atom is -0.444 e. The van der Waals surface area contributed by atoms with Crippen molar-refractivity contribution in [2.24, 2.45) is 0 Å². The number of hydrogen-bond acceptors (Lipinski definition) is 5. The molecule has 2 atom stereocenters. The number of benzene rings is 1. The van der Waals surface area contributed by atoms with Crippen LogP contribution in [0.1, 0.15) is 34.6 Å². The van der Waals surface area contributed by atoms with Gasteiger partial charge < -0.3 is 15.0 Å². The van der Waals surface area contributed by atoms with Crippen LogP contribution in [0.25, 0.3) is 0 Å². The Balaban J connectivity index is 2.16. The fourth-order valence-corrected chi connectivity index (χ4v) is 4.75. The number of sulfonamides is 1. The molecule has 2 amide bonds. The molecule has 1 saturated heterocycles. The Morgan fingerprint density at radius 3 is 2.24 bits per heavy atom. The molecule has 1 aliphatic rings. The van der Waals surface area contributed by atoms with E-state index in [-0.39, 0.29) is 29.9 Å². The fraction of sp³-hybridized carbons (Fsp3) is 0.500. The molecule has 0 radical (unpaired) electrons. The summed E-state index contributed by atoms with van der Waals surface area (Å²) in [5.74, 6) is -0.374. The minimum absolute atomic E-state index is 0.124. The molecule has 0 saturated carbocycles. The average Bonchev–Trinajstić information content (AvgIpc) is 2.62. The maximum absolute atomic E-state index is 13.1. The van der Waals surface area contributed by atoms with Crippen LogP contribution < -0.4 is 5.32 Å². The quantitative estimate of drug-likeness (QED) is 0.751. The summed E-state index contributed by atoms with van der Waals surface area (Å²) in [5.41, 5.74) is -0.142. The number of anilines is 1. The van der Waals surface area contributed by atoms with Crippen molar-refractivity contribution in [1.29, 1.82) is 0 Å². The molecular formula is C20H29N3O5S. The van der Waals surface area contributed by atoms with Gasteiger partial charge in [0.2, 0.25) is 15.9 Å². The van der Waals surface area contributed by atoms with Gasteiger partial charge in [0.1, 0.15) is 5.60 Å². The molecule has 160 valence electrons. The Hall–Kier alpha value is -2.39. The first kappa shape index (κ1) is 22.9. The van der Waals surface area contributed by atoms with E-state index in [0.717, 1.165) is 6.08 Å². The Kier molecular flexibility index (Phi) is 6.74. The number of carbonyl (C=O) groups excluding carboxylic acids is 2. The van der Waals surface area contributed by atoms with Crippen molar-refractivity contribution in [2.45, 2.75) is 57.2 Å². The zero-order chi connectivity index (χ0) is 22.0. The van der Waals surface area contributed by atoms with Crippen molar-refractivity contribution in [1.82, 2.24) is 9.21 Å². The monoisotopic (exact) mass is 423 g/mol. The zero-order valence-corrected chi connectivity index (χ0v) is 18.3. The topological polar surface area (TPSA) is 96.0 Å². The number of amides is 2. The van der Waals surface area contributed by atoms with Crippen molar-refractivity contribution in [3.63, 3.8) is 0 Å². The lowest BCUT2D eigenvalue weighted by atomic mass is 10.1. The van der Waals surface area contributed by atoms with Crippen LogP contribution in [0, 0.1) is 0 Å². The van der Waals surface area contributed by atoms with Crippen molar-refractivity contribution >= 4 is 27.7 Å². The molecule has 9 heteroatoms. The third-order valence-electron chi connectivity index (χ3n) is 4.47. The molecule has 2 rings (SSSR count). The van der Waals surface area contributed by atoms with E-state index in [0.29, 0.717) is 5.69 Å². The minimum atomic E-state index is -3.76. The SMILES string of the molecule is C=CC(=O)Nc1ccc(S(=O)(=O)N2CC(C)N(C(=O)OC(C)(C)C)CC2C)cc1. The number of nitrogens with one attached hydrogen (secondary N) is 1. The molecule has 0 aromatic heterocycles. The van der Waals surface area contributed by atoms with Crippen molar-refractivity contribution in [3.05, 3.63) is 36.9 Å². The van der Waals surface area contributed by atoms with Crippen LogP contribution in [0.5, 0.6) is 0 Å². The fourth-order valence-electron chi connectivity index (χ4n) is 3.04. The van der Waals surface area contributed by atoms with E-state index in [1.807, 2.05) is 0 Å². The molecule has 1 fully saturated rings. The summed E-state index contributed by atoms with van der Waals surface area (Å²) in [4.78, 5) is 25.5. The van der Waals surface area contributed by atoms with E-state index < -0.39 is 27.8 Å². The van der Waals surface area contributed by atoms with Gasteiger partial charge in [0, 0.05) is 30.9 Å². The molecule has 1 aromatic carbocycles. The van der Waals surface area contributed by atoms with Gasteiger partial charge in [-0.05, 0) is 65.0 Å². The van der Waals surface area contributed by atoms with E-state index in [9.17, 15) is 18.0 Å². The molecule has 8 nitrogen and oxygen atoms in total. The predicted molar refractivity (Wildman–Crippen MR) is 111 cm³/mol. The normalized spacial score (nSPS) is 20.8. The molecule has 0 spiro atoms. The zero-order valence-electron chi connectivity index (χ0n) is 17.5. The Morgan fingerprint density at radius 2 is 1.72 bits per heavy atom. The molecular weight excluding hydrogens is 394 g/mol. The first-order valence-electron chi connectivity index (χ1n) is 9.40. The second-order valence-electron chi connectivity index (χ2n) is 8.12. The molecule has 2 unspecified atom stereocenters. The van der Waals surface area contributed by atoms with E-state index in [1.165, 1.54) is 28.6 Å². The van der Waals surface area contributed by atoms with Crippen LogP contribution >= 0.6 is 0 Å². The standard InChI is InChI=1S/C20H29N3O5S/c1-7-18(24)21-16-8-10-17(11-9-16)29(26,27)23-13-14(2)22(12-15(23)3)19(25)28-20(4,5)6/h7-11,14-15H,1,12-13H2,2-6H3,(H,21,24). The Morgan fingerprint density at radius 1 is 1.14 bits per heavy atom. The first-order valence-corrected chi connectivity index (χ1v) is 10.8. The second kappa shape index (κ2) is 8.54. The molecule has 1 heterocycles. The summed E-state index contributed by atoms with van der Waals surface area (Å²) in [5, 5.41) is 2.58. The van der Waals surface area contributed by atoms with Crippen LogP contribution in [0.4, 0.5) is 10.5 Å². The molecule has 1 aromatic rings. The highest BCUT2D eigenvalue weighted by Crippen LogP contribution is 2.26. The summed E-state index contributed by atoms with van der Waals surface area (Å²) < 4.78 is 33.1. The van der Waals surface area contributed by atoms with Gasteiger partial charge in [0.25, 0.3) is 0 Å². The summed E-state index contributed by atoms with van der Waals surface area (Å²) >= 11 is 0. The number of rotatable bonds is 4. The third kappa shape index (κ3) is 5.57. The summed E-state index contributed by atoms with van der Waals surface area (Å²) in [6, 6.07) is 5.21. The number of piperazine rings is 1. The lowest BCUT2D eigenvalue weighted by Gasteiger charge is -2.43. The van der Waals surface area contributed by atoms with Crippen LogP contribution in [-0.2, 0) is 19.6 Å². The van der Waals surface area contributed by atoms with Crippen LogP contribution in [0.15, 0.2) is 41.8 Å². The van der Waals surface area contributed by atoms with Crippen LogP contribution in [0.2, 0.25) is 0 Å². The second-order valence-corrected chi connectivity index (χ2v) is 10.0. The lowest BCUT2D eigenvalue weighted by molar-refractivity contribution is -0.111. The highest BCUT2D eigenvalue weighted by molar-refractivity contribution is 7.89. The Bertz CT molecular complexity index is 874. The number of hydrogen-bond donors (Lipinski definition) is 1. The summed E-state index contributed by atoms with van der Waals surface area (Å²) in [6.07, 6.45) is 0.689. The maximum atomic E-state index is 13.1. The third-order valence-corrected chi connectivity index (χ3v) is 6.46. The van der Waals surface area contributed by atoms with Gasteiger partial charge in [0.05, 0.1) is 4.90 Å². The first-order chi connectivity index (χ1) is 13.3. The van der Waals surface area contributed by atoms with Crippen LogP contribution in [0.3, 0.4) is 0 Å². The highest BCUT2D eigenvalue weighted by Gasteiger charge is 2.40. The number of carbonyl (C=O) groups is 2. The van der Waals surface area contributed by atoms with Gasteiger partial charge in [-0.2, -0.15) is 4.31 Å². The largest absolute Gasteiger partial charge is 0.444 e. The van der Waals surface area contributed by atoms with Gasteiger partial charge in [0.15, 0.2) is 0 Å². The highest BCUT2D eigenvalue weighted by atomic mass is 32.2. The van der Waals surface area contributed by atoms with Gasteiger partial charge in [-0.3, -0.25) is 4.79 Å². The van der Waals surface area contributed by atoms with Crippen LogP contribution in [-0.4, -0.2) is 60.4 Å². The van der Waals surface area contributed by atoms with Crippen molar-refractivity contribution in [2.75, 3.05) is 18.4 Å². The smallest absolute Gasteiger partial charge is 0.410 e. The maximum Gasteiger partial charge on any atom is 0.410 e. The molecule has 0 aliphatic carbocycles. The average molecular weight is 424 g/mol. The number of nitrogens with zero attached hydrogens (tertiary/aromatic N) is 2. The molecule has 1 N–H and O–H groups in total. The summed E-state index contributed by atoms with van der Waals surface area (Å²) in [7, 11) is -3.76. The number of ether oxygens (including phenoxy) is 1. The van der Waals surface area contributed by atoms with Gasteiger partial charge in [-0.15, -0.1) is 0 Å². The van der Waals surface area contributed by atoms with E-state index >= 15 is 0 Å². The van der Waals surface area contributed by atoms with Gasteiger partial charge in [-0.1, -0.05) is 6.58 Å². The molecule has 1 aliphatic heterocycles. The van der Waals surface area contributed by atoms with E-state index in [2.05, 4.69) is 11.9 Å². The molecule has 29 heavy (non-hydrogen) atoms. The van der Waals surface area contributed by atoms with E-state index in [1.54, 1.807) is 39.5 Å². The van der Waals surface area contributed by atoms with Gasteiger partial charge in [-0.25, -0.2) is 13.2 Å². The predicted octanol–water partition coefficient (Wildman–Crippen LogP) is 2.83. The lowest BCUT2D eigenvalue weighted by Crippen LogP contribution is -2.59. The Labute approximate surface area is 172 Å². The van der Waals surface area contributed by atoms with Crippen molar-refractivity contribution in [3.8, 4) is 0 Å².